The largest absolute Gasteiger partial charge is 0.338 e. The van der Waals surface area contributed by atoms with Gasteiger partial charge in [-0.2, -0.15) is 3.96 Å². The van der Waals surface area contributed by atoms with E-state index in [0.29, 0.717) is 9.75 Å². The Bertz CT molecular complexity index is 1020. The summed E-state index contributed by atoms with van der Waals surface area (Å²) in [6.07, 6.45) is 3.74. The molecule has 1 aromatic carbocycles. The standard InChI is InChI=1S/C20H22N2O2S/c1-12(2)11-13(3)18-14(4)25-22(19(18)23)20(24)21-17-10-9-15-7-5-6-8-16(15)17/h5-8,11,17H,4,9-10H2,1-3H3,(H,21,24)/b18-13+/t17-/m0/s1. The molecule has 130 valence electrons. The summed E-state index contributed by atoms with van der Waals surface area (Å²) in [6.45, 7) is 9.77. The lowest BCUT2D eigenvalue weighted by molar-refractivity contribution is 0.240. The summed E-state index contributed by atoms with van der Waals surface area (Å²) in [4.78, 5) is 25.3. The summed E-state index contributed by atoms with van der Waals surface area (Å²) >= 11 is 1.10. The minimum Gasteiger partial charge on any atom is -0.330 e. The number of hydrogen-bond donors (Lipinski definition) is 1. The fourth-order valence-corrected chi connectivity index (χ4v) is 4.23. The van der Waals surface area contributed by atoms with Crippen molar-refractivity contribution in [2.45, 2.75) is 39.7 Å². The van der Waals surface area contributed by atoms with Crippen LogP contribution in [0.2, 0.25) is 0 Å². The maximum absolute atomic E-state index is 12.7. The summed E-state index contributed by atoms with van der Waals surface area (Å²) in [5.74, 6) is 0. The van der Waals surface area contributed by atoms with E-state index in [9.17, 15) is 9.59 Å². The number of nitrogens with zero attached hydrogens (tertiary/aromatic N) is 1. The summed E-state index contributed by atoms with van der Waals surface area (Å²) in [5.41, 5.74) is 4.04. The van der Waals surface area contributed by atoms with Gasteiger partial charge < -0.3 is 5.32 Å². The first-order valence-corrected chi connectivity index (χ1v) is 9.11. The van der Waals surface area contributed by atoms with Crippen LogP contribution in [0.5, 0.6) is 0 Å². The molecule has 1 atom stereocenters. The number of hydrogen-bond acceptors (Lipinski definition) is 3. The van der Waals surface area contributed by atoms with Gasteiger partial charge in [0.2, 0.25) is 0 Å². The number of allylic oxidation sites excluding steroid dienone is 2. The lowest BCUT2D eigenvalue weighted by Gasteiger charge is -2.13. The number of nitrogens with one attached hydrogen (secondary N) is 1. The molecule has 1 heterocycles. The second kappa shape index (κ2) is 6.84. The first-order valence-electron chi connectivity index (χ1n) is 8.34. The quantitative estimate of drug-likeness (QED) is 0.901. The Kier molecular flexibility index (Phi) is 4.77. The molecule has 0 aliphatic heterocycles. The molecule has 0 saturated carbocycles. The van der Waals surface area contributed by atoms with Crippen LogP contribution < -0.4 is 20.6 Å². The minimum absolute atomic E-state index is 0.0442. The summed E-state index contributed by atoms with van der Waals surface area (Å²) in [6, 6.07) is 7.69. The minimum atomic E-state index is -0.377. The fourth-order valence-electron chi connectivity index (χ4n) is 3.36. The zero-order valence-electron chi connectivity index (χ0n) is 14.8. The molecule has 0 fully saturated rings. The zero-order chi connectivity index (χ0) is 18.1. The molecule has 1 aliphatic carbocycles. The van der Waals surface area contributed by atoms with Crippen molar-refractivity contribution in [1.29, 1.82) is 0 Å². The van der Waals surface area contributed by atoms with Crippen LogP contribution in [-0.2, 0) is 6.42 Å². The van der Waals surface area contributed by atoms with Crippen LogP contribution in [-0.4, -0.2) is 9.99 Å². The first kappa shape index (κ1) is 17.4. The third-order valence-corrected chi connectivity index (χ3v) is 5.33. The second-order valence-electron chi connectivity index (χ2n) is 6.63. The Morgan fingerprint density at radius 3 is 2.76 bits per heavy atom. The van der Waals surface area contributed by atoms with Crippen LogP contribution in [0.4, 0.5) is 4.79 Å². The monoisotopic (exact) mass is 354 g/mol. The smallest absolute Gasteiger partial charge is 0.330 e. The molecule has 0 unspecified atom stereocenters. The maximum atomic E-state index is 12.7. The zero-order valence-corrected chi connectivity index (χ0v) is 15.6. The predicted octanol–water partition coefficient (Wildman–Crippen LogP) is 2.70. The van der Waals surface area contributed by atoms with E-state index in [2.05, 4.69) is 18.0 Å². The first-order chi connectivity index (χ1) is 11.9. The van der Waals surface area contributed by atoms with Crippen LogP contribution in [0, 0.1) is 0 Å². The van der Waals surface area contributed by atoms with E-state index in [4.69, 9.17) is 0 Å². The highest BCUT2D eigenvalue weighted by Crippen LogP contribution is 2.30. The lowest BCUT2D eigenvalue weighted by atomic mass is 10.1. The van der Waals surface area contributed by atoms with E-state index < -0.39 is 0 Å². The van der Waals surface area contributed by atoms with Crippen LogP contribution in [0.15, 0.2) is 40.7 Å². The average molecular weight is 354 g/mol. The van der Waals surface area contributed by atoms with E-state index in [1.54, 1.807) is 0 Å². The highest BCUT2D eigenvalue weighted by molar-refractivity contribution is 7.05. The van der Waals surface area contributed by atoms with Crippen molar-refractivity contribution >= 4 is 29.7 Å². The SMILES string of the molecule is C=c1sn(C(=O)N[C@H]2CCc3ccccc32)c(=O)/c1=C(\C)C=C(C)C. The van der Waals surface area contributed by atoms with Crippen molar-refractivity contribution in [1.82, 2.24) is 9.27 Å². The molecule has 4 nitrogen and oxygen atoms in total. The van der Waals surface area contributed by atoms with Gasteiger partial charge in [-0.05, 0) is 61.8 Å². The molecular formula is C20H22N2O2S. The van der Waals surface area contributed by atoms with Gasteiger partial charge in [0.05, 0.1) is 15.8 Å². The number of amides is 1. The van der Waals surface area contributed by atoms with Gasteiger partial charge >= 0.3 is 6.03 Å². The van der Waals surface area contributed by atoms with Gasteiger partial charge in [0.1, 0.15) is 0 Å². The second-order valence-corrected chi connectivity index (χ2v) is 7.67. The molecule has 5 heteroatoms. The lowest BCUT2D eigenvalue weighted by Crippen LogP contribution is -2.41. The molecule has 0 saturated heterocycles. The number of aryl methyl sites for hydroxylation is 1. The van der Waals surface area contributed by atoms with Crippen molar-refractivity contribution in [3.63, 3.8) is 0 Å². The van der Waals surface area contributed by atoms with E-state index in [-0.39, 0.29) is 17.6 Å². The molecule has 1 aliphatic rings. The maximum Gasteiger partial charge on any atom is 0.338 e. The molecule has 3 rings (SSSR count). The van der Waals surface area contributed by atoms with E-state index in [1.807, 2.05) is 45.0 Å². The Balaban J connectivity index is 1.94. The summed E-state index contributed by atoms with van der Waals surface area (Å²) in [5, 5.41) is 3.52. The van der Waals surface area contributed by atoms with Crippen LogP contribution in [0.25, 0.3) is 12.2 Å². The van der Waals surface area contributed by atoms with E-state index in [0.717, 1.165) is 41.1 Å². The van der Waals surface area contributed by atoms with Gasteiger partial charge in [-0.1, -0.05) is 42.5 Å². The van der Waals surface area contributed by atoms with Crippen LogP contribution in [0.1, 0.15) is 44.4 Å². The molecule has 2 aromatic rings. The van der Waals surface area contributed by atoms with Crippen molar-refractivity contribution in [3.8, 4) is 0 Å². The fraction of sp³-hybridized carbons (Fsp3) is 0.300. The van der Waals surface area contributed by atoms with Gasteiger partial charge in [0.25, 0.3) is 5.56 Å². The summed E-state index contributed by atoms with van der Waals surface area (Å²) in [7, 11) is 0. The molecule has 1 aromatic heterocycles. The van der Waals surface area contributed by atoms with Gasteiger partial charge in [-0.15, -0.1) is 0 Å². The Hall–Kier alpha value is -2.40. The van der Waals surface area contributed by atoms with Gasteiger partial charge in [0.15, 0.2) is 0 Å². The molecule has 1 N–H and O–H groups in total. The third kappa shape index (κ3) is 3.37. The van der Waals surface area contributed by atoms with E-state index in [1.165, 1.54) is 9.52 Å². The van der Waals surface area contributed by atoms with E-state index >= 15 is 0 Å². The summed E-state index contributed by atoms with van der Waals surface area (Å²) < 4.78 is 1.79. The highest BCUT2D eigenvalue weighted by atomic mass is 32.1. The van der Waals surface area contributed by atoms with Crippen molar-refractivity contribution in [3.05, 3.63) is 67.1 Å². The highest BCUT2D eigenvalue weighted by Gasteiger charge is 2.24. The molecule has 1 amide bonds. The average Bonchev–Trinajstić information content (AvgIpc) is 3.08. The normalized spacial score (nSPS) is 17.0. The Labute approximate surface area is 151 Å². The third-order valence-electron chi connectivity index (χ3n) is 4.39. The van der Waals surface area contributed by atoms with Crippen molar-refractivity contribution < 1.29 is 4.79 Å². The number of carbonyl (C=O) groups excluding carboxylic acids is 1. The number of benzene rings is 1. The van der Waals surface area contributed by atoms with Gasteiger partial charge in [-0.3, -0.25) is 4.79 Å². The molecule has 0 radical (unpaired) electrons. The molecule has 0 spiro atoms. The number of aromatic nitrogens is 1. The predicted molar refractivity (Wildman–Crippen MR) is 103 cm³/mol. The van der Waals surface area contributed by atoms with Crippen molar-refractivity contribution in [2.24, 2.45) is 0 Å². The van der Waals surface area contributed by atoms with Crippen LogP contribution in [0.3, 0.4) is 0 Å². The molecule has 25 heavy (non-hydrogen) atoms. The number of rotatable bonds is 2. The Morgan fingerprint density at radius 2 is 2.04 bits per heavy atom. The van der Waals surface area contributed by atoms with Gasteiger partial charge in [-0.25, -0.2) is 4.79 Å². The van der Waals surface area contributed by atoms with Gasteiger partial charge in [0, 0.05) is 0 Å². The van der Waals surface area contributed by atoms with Crippen LogP contribution >= 0.6 is 11.5 Å². The number of carbonyl (C=O) groups is 1. The molecule has 0 bridgehead atoms. The Morgan fingerprint density at radius 1 is 1.32 bits per heavy atom. The topological polar surface area (TPSA) is 51.1 Å². The number of fused-ring (bicyclic) bond motifs is 1. The van der Waals surface area contributed by atoms with Crippen molar-refractivity contribution in [2.75, 3.05) is 0 Å². The molecular weight excluding hydrogens is 332 g/mol.